The molecule has 0 aliphatic heterocycles. The fraction of sp³-hybridized carbons (Fsp3) is 0.350. The molecule has 22 heavy (non-hydrogen) atoms. The second-order valence-corrected chi connectivity index (χ2v) is 6.62. The van der Waals surface area contributed by atoms with Crippen molar-refractivity contribution in [2.75, 3.05) is 0 Å². The normalized spacial score (nSPS) is 12.0. The zero-order valence-corrected chi connectivity index (χ0v) is 13.7. The van der Waals surface area contributed by atoms with Crippen molar-refractivity contribution < 1.29 is 4.42 Å². The number of nitrogens with zero attached hydrogens (tertiary/aromatic N) is 1. The van der Waals surface area contributed by atoms with Crippen LogP contribution in [0.5, 0.6) is 0 Å². The summed E-state index contributed by atoms with van der Waals surface area (Å²) in [7, 11) is 0. The molecule has 0 saturated carbocycles. The van der Waals surface area contributed by atoms with Crippen molar-refractivity contribution >= 4 is 11.1 Å². The Hall–Kier alpha value is -2.09. The maximum atomic E-state index is 5.84. The summed E-state index contributed by atoms with van der Waals surface area (Å²) in [6, 6.07) is 16.6. The highest BCUT2D eigenvalue weighted by molar-refractivity contribution is 5.75. The Kier molecular flexibility index (Phi) is 4.02. The summed E-state index contributed by atoms with van der Waals surface area (Å²) < 4.78 is 5.84. The van der Waals surface area contributed by atoms with Crippen LogP contribution in [0.1, 0.15) is 39.2 Å². The second kappa shape index (κ2) is 5.96. The van der Waals surface area contributed by atoms with Gasteiger partial charge in [0.1, 0.15) is 5.52 Å². The van der Waals surface area contributed by atoms with Crippen LogP contribution < -0.4 is 0 Å². The molecule has 3 aromatic rings. The average molecular weight is 293 g/mol. The Bertz CT molecular complexity index is 712. The first-order chi connectivity index (χ1) is 10.6. The summed E-state index contributed by atoms with van der Waals surface area (Å²) in [5, 5.41) is 0. The summed E-state index contributed by atoms with van der Waals surface area (Å²) in [5.41, 5.74) is 4.17. The number of fused-ring (bicyclic) bond motifs is 1. The molecule has 114 valence electrons. The summed E-state index contributed by atoms with van der Waals surface area (Å²) in [4.78, 5) is 4.56. The van der Waals surface area contributed by atoms with Gasteiger partial charge in [-0.2, -0.15) is 0 Å². The van der Waals surface area contributed by atoms with Crippen molar-refractivity contribution in [3.05, 3.63) is 54.1 Å². The van der Waals surface area contributed by atoms with Crippen LogP contribution in [0.4, 0.5) is 0 Å². The molecular weight excluding hydrogens is 270 g/mol. The van der Waals surface area contributed by atoms with Gasteiger partial charge in [0.15, 0.2) is 5.58 Å². The van der Waals surface area contributed by atoms with Gasteiger partial charge in [-0.3, -0.25) is 0 Å². The van der Waals surface area contributed by atoms with Gasteiger partial charge in [-0.15, -0.1) is 0 Å². The fourth-order valence-corrected chi connectivity index (χ4v) is 3.38. The van der Waals surface area contributed by atoms with Crippen LogP contribution in [0, 0.1) is 11.8 Å². The van der Waals surface area contributed by atoms with Gasteiger partial charge in [0, 0.05) is 5.56 Å². The molecule has 0 N–H and O–H groups in total. The van der Waals surface area contributed by atoms with Crippen LogP contribution in [-0.2, 0) is 0 Å². The van der Waals surface area contributed by atoms with Crippen LogP contribution in [0.3, 0.4) is 0 Å². The Labute approximate surface area is 132 Å². The van der Waals surface area contributed by atoms with Crippen molar-refractivity contribution in [2.24, 2.45) is 11.8 Å². The van der Waals surface area contributed by atoms with E-state index in [4.69, 9.17) is 4.42 Å². The molecule has 1 aromatic heterocycles. The number of hydrogen-bond donors (Lipinski definition) is 0. The Morgan fingerprint density at radius 2 is 1.45 bits per heavy atom. The predicted octanol–water partition coefficient (Wildman–Crippen LogP) is 5.89. The van der Waals surface area contributed by atoms with Gasteiger partial charge in [-0.25, -0.2) is 4.98 Å². The van der Waals surface area contributed by atoms with Crippen molar-refractivity contribution in [1.29, 1.82) is 0 Å². The number of benzene rings is 2. The minimum Gasteiger partial charge on any atom is -0.436 e. The van der Waals surface area contributed by atoms with Gasteiger partial charge in [0.25, 0.3) is 0 Å². The molecule has 0 bridgehead atoms. The predicted molar refractivity (Wildman–Crippen MR) is 91.9 cm³/mol. The van der Waals surface area contributed by atoms with Crippen LogP contribution in [0.15, 0.2) is 52.9 Å². The van der Waals surface area contributed by atoms with E-state index in [-0.39, 0.29) is 0 Å². The lowest BCUT2D eigenvalue weighted by Crippen LogP contribution is -2.13. The van der Waals surface area contributed by atoms with Gasteiger partial charge >= 0.3 is 0 Å². The molecule has 0 fully saturated rings. The third-order valence-corrected chi connectivity index (χ3v) is 4.27. The molecule has 0 atom stereocenters. The standard InChI is InChI=1S/C20H23NO/c1-13(2)19(14(3)4)15-9-11-16(12-10-15)20-21-17-7-5-6-8-18(17)22-20/h5-14,19H,1-4H3. The third-order valence-electron chi connectivity index (χ3n) is 4.27. The fourth-order valence-electron chi connectivity index (χ4n) is 3.38. The molecule has 3 rings (SSSR count). The molecule has 1 heterocycles. The van der Waals surface area contributed by atoms with E-state index in [0.29, 0.717) is 23.6 Å². The zero-order chi connectivity index (χ0) is 15.7. The molecule has 0 unspecified atom stereocenters. The second-order valence-electron chi connectivity index (χ2n) is 6.62. The molecule has 0 spiro atoms. The molecule has 2 nitrogen and oxygen atoms in total. The van der Waals surface area contributed by atoms with Gasteiger partial charge in [0.05, 0.1) is 0 Å². The van der Waals surface area contributed by atoms with Crippen molar-refractivity contribution in [3.63, 3.8) is 0 Å². The van der Waals surface area contributed by atoms with E-state index in [0.717, 1.165) is 16.7 Å². The first-order valence-corrected chi connectivity index (χ1v) is 8.02. The maximum Gasteiger partial charge on any atom is 0.227 e. The average Bonchev–Trinajstić information content (AvgIpc) is 2.91. The Balaban J connectivity index is 1.93. The molecule has 0 saturated heterocycles. The molecule has 0 aliphatic rings. The third kappa shape index (κ3) is 2.78. The lowest BCUT2D eigenvalue weighted by atomic mass is 9.80. The quantitative estimate of drug-likeness (QED) is 0.599. The topological polar surface area (TPSA) is 26.0 Å². The molecule has 0 radical (unpaired) electrons. The smallest absolute Gasteiger partial charge is 0.227 e. The highest BCUT2D eigenvalue weighted by atomic mass is 16.3. The van der Waals surface area contributed by atoms with E-state index in [2.05, 4.69) is 56.9 Å². The van der Waals surface area contributed by atoms with Crippen LogP contribution in [0.2, 0.25) is 0 Å². The number of rotatable bonds is 4. The molecule has 2 heteroatoms. The van der Waals surface area contributed by atoms with Gasteiger partial charge in [0.2, 0.25) is 5.89 Å². The summed E-state index contributed by atoms with van der Waals surface area (Å²) in [5.74, 6) is 2.54. The number of aromatic nitrogens is 1. The van der Waals surface area contributed by atoms with E-state index >= 15 is 0 Å². The van der Waals surface area contributed by atoms with E-state index in [9.17, 15) is 0 Å². The summed E-state index contributed by atoms with van der Waals surface area (Å²) in [6.07, 6.45) is 0. The highest BCUT2D eigenvalue weighted by Crippen LogP contribution is 2.33. The zero-order valence-electron chi connectivity index (χ0n) is 13.7. The highest BCUT2D eigenvalue weighted by Gasteiger charge is 2.19. The molecule has 0 amide bonds. The number of oxazole rings is 1. The van der Waals surface area contributed by atoms with E-state index in [1.165, 1.54) is 5.56 Å². The SMILES string of the molecule is CC(C)C(c1ccc(-c2nc3ccccc3o2)cc1)C(C)C. The Morgan fingerprint density at radius 1 is 0.818 bits per heavy atom. The van der Waals surface area contributed by atoms with E-state index in [1.807, 2.05) is 24.3 Å². The minimum atomic E-state index is 0.581. The lowest BCUT2D eigenvalue weighted by Gasteiger charge is -2.25. The monoisotopic (exact) mass is 293 g/mol. The first-order valence-electron chi connectivity index (χ1n) is 8.02. The van der Waals surface area contributed by atoms with E-state index in [1.54, 1.807) is 0 Å². The lowest BCUT2D eigenvalue weighted by molar-refractivity contribution is 0.388. The van der Waals surface area contributed by atoms with E-state index < -0.39 is 0 Å². The minimum absolute atomic E-state index is 0.581. The summed E-state index contributed by atoms with van der Waals surface area (Å²) >= 11 is 0. The maximum absolute atomic E-state index is 5.84. The van der Waals surface area contributed by atoms with Crippen LogP contribution in [0.25, 0.3) is 22.6 Å². The summed E-state index contributed by atoms with van der Waals surface area (Å²) in [6.45, 7) is 9.16. The van der Waals surface area contributed by atoms with Gasteiger partial charge in [-0.1, -0.05) is 52.0 Å². The van der Waals surface area contributed by atoms with Crippen molar-refractivity contribution in [3.8, 4) is 11.5 Å². The first kappa shape index (κ1) is 14.8. The van der Waals surface area contributed by atoms with Crippen LogP contribution in [-0.4, -0.2) is 4.98 Å². The number of hydrogen-bond acceptors (Lipinski definition) is 2. The Morgan fingerprint density at radius 3 is 2.05 bits per heavy atom. The number of para-hydroxylation sites is 2. The largest absolute Gasteiger partial charge is 0.436 e. The van der Waals surface area contributed by atoms with Crippen molar-refractivity contribution in [2.45, 2.75) is 33.6 Å². The van der Waals surface area contributed by atoms with Gasteiger partial charge < -0.3 is 4.42 Å². The molecular formula is C20H23NO. The van der Waals surface area contributed by atoms with Crippen molar-refractivity contribution in [1.82, 2.24) is 4.98 Å². The molecule has 2 aromatic carbocycles. The van der Waals surface area contributed by atoms with Crippen LogP contribution >= 0.6 is 0 Å². The molecule has 0 aliphatic carbocycles. The van der Waals surface area contributed by atoms with Gasteiger partial charge in [-0.05, 0) is 47.6 Å².